The molecule has 0 radical (unpaired) electrons. The van der Waals surface area contributed by atoms with Gasteiger partial charge in [-0.25, -0.2) is 8.42 Å². The molecule has 10 nitrogen and oxygen atoms in total. The van der Waals surface area contributed by atoms with E-state index >= 15 is 0 Å². The first-order valence-electron chi connectivity index (χ1n) is 10.4. The number of nitrogens with zero attached hydrogens (tertiary/aromatic N) is 4. The molecule has 2 aromatic heterocycles. The SMILES string of the molecule is CCN(CC(=O)N[C@H]1CCS(=O)(=O)C1)Cc1nnc(-c2c(-c3ccccc3)noc2C)o1. The molecule has 1 fully saturated rings. The number of sulfone groups is 1. The summed E-state index contributed by atoms with van der Waals surface area (Å²) in [5, 5.41) is 15.2. The molecule has 1 aliphatic heterocycles. The van der Waals surface area contributed by atoms with E-state index in [9.17, 15) is 13.2 Å². The molecular weight excluding hydrogens is 434 g/mol. The zero-order valence-corrected chi connectivity index (χ0v) is 18.8. The van der Waals surface area contributed by atoms with Gasteiger partial charge in [0.15, 0.2) is 9.84 Å². The van der Waals surface area contributed by atoms with Crippen LogP contribution in [0.25, 0.3) is 22.7 Å². The molecule has 11 heteroatoms. The number of carbonyl (C=O) groups excluding carboxylic acids is 1. The van der Waals surface area contributed by atoms with Crippen LogP contribution in [-0.4, -0.2) is 65.2 Å². The number of nitrogens with one attached hydrogen (secondary N) is 1. The second kappa shape index (κ2) is 9.21. The lowest BCUT2D eigenvalue weighted by Crippen LogP contribution is -2.42. The van der Waals surface area contributed by atoms with Crippen LogP contribution in [0.1, 0.15) is 25.0 Å². The van der Waals surface area contributed by atoms with E-state index in [0.29, 0.717) is 41.8 Å². The summed E-state index contributed by atoms with van der Waals surface area (Å²) in [7, 11) is -3.04. The number of hydrogen-bond acceptors (Lipinski definition) is 9. The zero-order chi connectivity index (χ0) is 22.7. The standard InChI is InChI=1S/C21H25N5O5S/c1-3-26(11-17(27)22-16-9-10-32(28,29)13-16)12-18-23-24-21(30-18)19-14(2)31-25-20(19)15-7-5-4-6-8-15/h4-8,16H,3,9-13H2,1-2H3,(H,22,27)/t16-/m0/s1. The van der Waals surface area contributed by atoms with Gasteiger partial charge in [0.2, 0.25) is 11.8 Å². The Kier molecular flexibility index (Phi) is 6.38. The third-order valence-corrected chi connectivity index (χ3v) is 7.13. The highest BCUT2D eigenvalue weighted by Crippen LogP contribution is 2.33. The summed E-state index contributed by atoms with van der Waals surface area (Å²) in [5.74, 6) is 1.12. The Labute approximate surface area is 185 Å². The molecule has 0 saturated carbocycles. The molecule has 170 valence electrons. The third-order valence-electron chi connectivity index (χ3n) is 5.36. The van der Waals surface area contributed by atoms with Crippen molar-refractivity contribution >= 4 is 15.7 Å². The number of amides is 1. The highest BCUT2D eigenvalue weighted by Gasteiger charge is 2.29. The summed E-state index contributed by atoms with van der Waals surface area (Å²) in [6.07, 6.45) is 0.453. The molecule has 3 heterocycles. The Morgan fingerprint density at radius 3 is 2.72 bits per heavy atom. The van der Waals surface area contributed by atoms with E-state index < -0.39 is 9.84 Å². The highest BCUT2D eigenvalue weighted by molar-refractivity contribution is 7.91. The Bertz CT molecular complexity index is 1190. The third kappa shape index (κ3) is 5.05. The maximum absolute atomic E-state index is 12.4. The highest BCUT2D eigenvalue weighted by atomic mass is 32.2. The van der Waals surface area contributed by atoms with Crippen LogP contribution >= 0.6 is 0 Å². The summed E-state index contributed by atoms with van der Waals surface area (Å²) < 4.78 is 34.4. The molecule has 4 rings (SSSR count). The Hall–Kier alpha value is -3.05. The zero-order valence-electron chi connectivity index (χ0n) is 17.9. The van der Waals surface area contributed by atoms with Crippen LogP contribution in [0.15, 0.2) is 39.3 Å². The minimum atomic E-state index is -3.04. The van der Waals surface area contributed by atoms with Gasteiger partial charge in [-0.1, -0.05) is 42.4 Å². The topological polar surface area (TPSA) is 131 Å². The van der Waals surface area contributed by atoms with E-state index in [0.717, 1.165) is 5.56 Å². The first-order chi connectivity index (χ1) is 15.3. The fourth-order valence-electron chi connectivity index (χ4n) is 3.69. The van der Waals surface area contributed by atoms with Gasteiger partial charge in [0.25, 0.3) is 5.89 Å². The van der Waals surface area contributed by atoms with Gasteiger partial charge in [0.1, 0.15) is 17.0 Å². The molecule has 1 N–H and O–H groups in total. The second-order valence-electron chi connectivity index (χ2n) is 7.80. The van der Waals surface area contributed by atoms with E-state index in [-0.39, 0.29) is 36.5 Å². The number of aromatic nitrogens is 3. The summed E-state index contributed by atoms with van der Waals surface area (Å²) in [4.78, 5) is 14.2. The van der Waals surface area contributed by atoms with Gasteiger partial charge in [-0.2, -0.15) is 0 Å². The monoisotopic (exact) mass is 459 g/mol. The molecule has 1 aromatic carbocycles. The van der Waals surface area contributed by atoms with Gasteiger partial charge in [-0.3, -0.25) is 9.69 Å². The maximum atomic E-state index is 12.4. The van der Waals surface area contributed by atoms with Crippen LogP contribution in [0.2, 0.25) is 0 Å². The molecule has 1 aliphatic rings. The van der Waals surface area contributed by atoms with Crippen LogP contribution in [-0.2, 0) is 21.2 Å². The normalized spacial score (nSPS) is 17.7. The smallest absolute Gasteiger partial charge is 0.253 e. The van der Waals surface area contributed by atoms with Crippen LogP contribution in [0.4, 0.5) is 0 Å². The average Bonchev–Trinajstić information content (AvgIpc) is 3.46. The maximum Gasteiger partial charge on any atom is 0.253 e. The van der Waals surface area contributed by atoms with Gasteiger partial charge >= 0.3 is 0 Å². The lowest BCUT2D eigenvalue weighted by molar-refractivity contribution is -0.122. The molecule has 1 saturated heterocycles. The summed E-state index contributed by atoms with van der Waals surface area (Å²) in [6, 6.07) is 9.26. The number of aryl methyl sites for hydroxylation is 1. The van der Waals surface area contributed by atoms with E-state index in [2.05, 4.69) is 20.7 Å². The van der Waals surface area contributed by atoms with Crippen molar-refractivity contribution in [2.45, 2.75) is 32.9 Å². The van der Waals surface area contributed by atoms with Gasteiger partial charge in [-0.05, 0) is 19.9 Å². The van der Waals surface area contributed by atoms with Gasteiger partial charge in [-0.15, -0.1) is 10.2 Å². The van der Waals surface area contributed by atoms with Gasteiger partial charge in [0.05, 0.1) is 24.6 Å². The predicted octanol–water partition coefficient (Wildman–Crippen LogP) is 1.83. The number of benzene rings is 1. The van der Waals surface area contributed by atoms with Crippen molar-refractivity contribution in [2.75, 3.05) is 24.6 Å². The van der Waals surface area contributed by atoms with Crippen molar-refractivity contribution in [3.8, 4) is 22.7 Å². The largest absolute Gasteiger partial charge is 0.419 e. The average molecular weight is 460 g/mol. The first kappa shape index (κ1) is 22.2. The number of carbonyl (C=O) groups is 1. The van der Waals surface area contributed by atoms with Crippen LogP contribution < -0.4 is 5.32 Å². The molecule has 0 spiro atoms. The van der Waals surface area contributed by atoms with Crippen molar-refractivity contribution in [3.63, 3.8) is 0 Å². The predicted molar refractivity (Wildman–Crippen MR) is 116 cm³/mol. The van der Waals surface area contributed by atoms with Crippen molar-refractivity contribution < 1.29 is 22.2 Å². The molecule has 1 amide bonds. The number of hydrogen-bond donors (Lipinski definition) is 1. The second-order valence-corrected chi connectivity index (χ2v) is 10.0. The fourth-order valence-corrected chi connectivity index (χ4v) is 5.36. The molecule has 0 unspecified atom stereocenters. The molecular formula is C21H25N5O5S. The van der Waals surface area contributed by atoms with Gasteiger partial charge in [0, 0.05) is 11.6 Å². The molecule has 1 atom stereocenters. The van der Waals surface area contributed by atoms with Crippen LogP contribution in [0.3, 0.4) is 0 Å². The van der Waals surface area contributed by atoms with E-state index in [1.165, 1.54) is 0 Å². The van der Waals surface area contributed by atoms with E-state index in [1.54, 1.807) is 6.92 Å². The lowest BCUT2D eigenvalue weighted by Gasteiger charge is -2.19. The Morgan fingerprint density at radius 1 is 1.25 bits per heavy atom. The molecule has 32 heavy (non-hydrogen) atoms. The van der Waals surface area contributed by atoms with Crippen molar-refractivity contribution in [1.29, 1.82) is 0 Å². The fraction of sp³-hybridized carbons (Fsp3) is 0.429. The van der Waals surface area contributed by atoms with Crippen molar-refractivity contribution in [2.24, 2.45) is 0 Å². The van der Waals surface area contributed by atoms with Crippen molar-refractivity contribution in [1.82, 2.24) is 25.6 Å². The minimum absolute atomic E-state index is 0.000279. The minimum Gasteiger partial charge on any atom is -0.419 e. The number of rotatable bonds is 8. The van der Waals surface area contributed by atoms with Crippen LogP contribution in [0.5, 0.6) is 0 Å². The number of likely N-dealkylation sites (N-methyl/N-ethyl adjacent to an activating group) is 1. The molecule has 0 bridgehead atoms. The summed E-state index contributed by atoms with van der Waals surface area (Å²) >= 11 is 0. The summed E-state index contributed by atoms with van der Waals surface area (Å²) in [5.41, 5.74) is 2.13. The van der Waals surface area contributed by atoms with Crippen molar-refractivity contribution in [3.05, 3.63) is 42.0 Å². The Morgan fingerprint density at radius 2 is 2.03 bits per heavy atom. The lowest BCUT2D eigenvalue weighted by atomic mass is 10.1. The first-order valence-corrected chi connectivity index (χ1v) is 12.2. The summed E-state index contributed by atoms with van der Waals surface area (Å²) in [6.45, 7) is 4.67. The van der Waals surface area contributed by atoms with Crippen LogP contribution in [0, 0.1) is 6.92 Å². The molecule has 3 aromatic rings. The van der Waals surface area contributed by atoms with E-state index in [1.807, 2.05) is 42.2 Å². The van der Waals surface area contributed by atoms with Gasteiger partial charge < -0.3 is 14.3 Å². The molecule has 0 aliphatic carbocycles. The quantitative estimate of drug-likeness (QED) is 0.536. The Balaban J connectivity index is 1.43. The van der Waals surface area contributed by atoms with E-state index in [4.69, 9.17) is 8.94 Å².